The number of quaternary nitrogens is 1. The molecule has 1 aromatic rings. The normalized spacial score (nSPS) is 14.3. The second kappa shape index (κ2) is 8.06. The fraction of sp³-hybridized carbons (Fsp3) is 0.571. The van der Waals surface area contributed by atoms with E-state index >= 15 is 0 Å². The van der Waals surface area contributed by atoms with Crippen LogP contribution < -0.4 is 0 Å². The highest BCUT2D eigenvalue weighted by Gasteiger charge is 2.83. The molecule has 28 heavy (non-hydrogen) atoms. The van der Waals surface area contributed by atoms with Crippen LogP contribution in [0.3, 0.4) is 0 Å². The number of hydrogen-bond acceptors (Lipinski definition) is 3. The number of hydrogen-bond donors (Lipinski definition) is 0. The molecule has 0 atom stereocenters. The molecule has 1 rings (SSSR count). The zero-order valence-corrected chi connectivity index (χ0v) is 15.4. The fourth-order valence-electron chi connectivity index (χ4n) is 1.65. The van der Waals surface area contributed by atoms with Crippen molar-refractivity contribution >= 4 is 10.1 Å². The summed E-state index contributed by atoms with van der Waals surface area (Å²) in [6, 6.07) is 10.6. The summed E-state index contributed by atoms with van der Waals surface area (Å²) in [7, 11) is -0.813. The van der Waals surface area contributed by atoms with Crippen molar-refractivity contribution in [3.05, 3.63) is 35.9 Å². The van der Waals surface area contributed by atoms with Crippen LogP contribution >= 0.6 is 0 Å². The van der Waals surface area contributed by atoms with E-state index in [2.05, 4.69) is 51.5 Å². The lowest BCUT2D eigenvalue weighted by molar-refractivity contribution is -0.884. The molecule has 0 bridgehead atoms. The van der Waals surface area contributed by atoms with Gasteiger partial charge >= 0.3 is 23.3 Å². The Kier molecular flexibility index (Phi) is 7.62. The van der Waals surface area contributed by atoms with Crippen molar-refractivity contribution in [1.82, 2.24) is 0 Å². The number of halogens is 9. The first-order valence-electron chi connectivity index (χ1n) is 7.08. The molecule has 0 radical (unpaired) electrons. The molecule has 0 saturated heterocycles. The van der Waals surface area contributed by atoms with Crippen molar-refractivity contribution in [2.24, 2.45) is 0 Å². The van der Waals surface area contributed by atoms with Gasteiger partial charge in [0.1, 0.15) is 6.54 Å². The Morgan fingerprint density at radius 1 is 0.821 bits per heavy atom. The minimum absolute atomic E-state index is 0.990. The van der Waals surface area contributed by atoms with Crippen LogP contribution in [0.15, 0.2) is 30.3 Å². The van der Waals surface area contributed by atoms with Gasteiger partial charge in [-0.25, -0.2) is 8.42 Å². The van der Waals surface area contributed by atoms with Gasteiger partial charge in [-0.15, -0.1) is 0 Å². The SMILES string of the molecule is C[N+](C)(C)Cc1ccccc1.O=S(=O)([O-])C(F)(F)C(F)(F)C(F)(F)C(F)(F)F. The van der Waals surface area contributed by atoms with Crippen LogP contribution in [0.4, 0.5) is 39.5 Å². The van der Waals surface area contributed by atoms with Crippen LogP contribution in [-0.2, 0) is 16.7 Å². The Bertz CT molecular complexity index is 742. The first-order chi connectivity index (χ1) is 12.1. The van der Waals surface area contributed by atoms with E-state index in [-0.39, 0.29) is 0 Å². The lowest BCUT2D eigenvalue weighted by atomic mass is 10.1. The van der Waals surface area contributed by atoms with E-state index in [1.807, 2.05) is 0 Å². The third-order valence-electron chi connectivity index (χ3n) is 2.93. The van der Waals surface area contributed by atoms with Crippen LogP contribution in [0.25, 0.3) is 0 Å². The predicted molar refractivity (Wildman–Crippen MR) is 78.8 cm³/mol. The fourth-order valence-corrected chi connectivity index (χ4v) is 2.09. The highest BCUT2D eigenvalue weighted by molar-refractivity contribution is 7.86. The predicted octanol–water partition coefficient (Wildman–Crippen LogP) is 3.85. The van der Waals surface area contributed by atoms with Crippen LogP contribution in [-0.4, -0.2) is 61.9 Å². The average Bonchev–Trinajstić information content (AvgIpc) is 2.44. The Balaban J connectivity index is 0.000000567. The molecule has 0 N–H and O–H groups in total. The summed E-state index contributed by atoms with van der Waals surface area (Å²) in [6.45, 7) is 1.10. The molecule has 0 heterocycles. The summed E-state index contributed by atoms with van der Waals surface area (Å²) in [5.41, 5.74) is 1.40. The molecule has 14 heteroatoms. The molecule has 1 aromatic carbocycles. The molecule has 0 spiro atoms. The van der Waals surface area contributed by atoms with Gasteiger partial charge in [0.25, 0.3) is 0 Å². The van der Waals surface area contributed by atoms with Crippen LogP contribution in [0.5, 0.6) is 0 Å². The molecular weight excluding hydrogens is 433 g/mol. The average molecular weight is 449 g/mol. The van der Waals surface area contributed by atoms with Crippen molar-refractivity contribution in [3.8, 4) is 0 Å². The zero-order valence-electron chi connectivity index (χ0n) is 14.6. The van der Waals surface area contributed by atoms with Gasteiger partial charge in [-0.2, -0.15) is 39.5 Å². The van der Waals surface area contributed by atoms with Crippen molar-refractivity contribution in [3.63, 3.8) is 0 Å². The number of alkyl halides is 9. The molecule has 0 fully saturated rings. The maximum atomic E-state index is 12.2. The summed E-state index contributed by atoms with van der Waals surface area (Å²) < 4.78 is 136. The quantitative estimate of drug-likeness (QED) is 0.390. The highest BCUT2D eigenvalue weighted by atomic mass is 32.2. The highest BCUT2D eigenvalue weighted by Crippen LogP contribution is 2.54. The van der Waals surface area contributed by atoms with E-state index in [1.54, 1.807) is 0 Å². The van der Waals surface area contributed by atoms with Crippen molar-refractivity contribution in [1.29, 1.82) is 0 Å². The summed E-state index contributed by atoms with van der Waals surface area (Å²) in [4.78, 5) is 0. The Labute approximate surface area is 154 Å². The molecule has 0 aliphatic carbocycles. The first kappa shape index (κ1) is 26.5. The molecule has 4 nitrogen and oxygen atoms in total. The zero-order chi connectivity index (χ0) is 22.8. The lowest BCUT2D eigenvalue weighted by Gasteiger charge is -2.34. The molecule has 164 valence electrons. The van der Waals surface area contributed by atoms with E-state index in [9.17, 15) is 52.5 Å². The third kappa shape index (κ3) is 5.98. The minimum atomic E-state index is -7.43. The summed E-state index contributed by atoms with van der Waals surface area (Å²) in [5, 5.41) is -7.11. The summed E-state index contributed by atoms with van der Waals surface area (Å²) in [5.74, 6) is -14.8. The topological polar surface area (TPSA) is 57.2 Å². The van der Waals surface area contributed by atoms with Crippen molar-refractivity contribution < 1.29 is 57.0 Å². The van der Waals surface area contributed by atoms with Gasteiger partial charge in [-0.3, -0.25) is 0 Å². The maximum absolute atomic E-state index is 12.2. The van der Waals surface area contributed by atoms with Crippen LogP contribution in [0.1, 0.15) is 5.56 Å². The number of rotatable bonds is 5. The first-order valence-corrected chi connectivity index (χ1v) is 8.49. The van der Waals surface area contributed by atoms with Gasteiger partial charge in [-0.05, 0) is 0 Å². The Morgan fingerprint density at radius 2 is 1.21 bits per heavy atom. The molecule has 0 saturated carbocycles. The number of nitrogens with zero attached hydrogens (tertiary/aromatic N) is 1. The van der Waals surface area contributed by atoms with E-state index in [0.29, 0.717) is 0 Å². The monoisotopic (exact) mass is 449 g/mol. The molecule has 0 aliphatic heterocycles. The van der Waals surface area contributed by atoms with Gasteiger partial charge in [0.2, 0.25) is 0 Å². The van der Waals surface area contributed by atoms with E-state index in [4.69, 9.17) is 0 Å². The molecule has 0 unspecified atom stereocenters. The number of benzene rings is 1. The van der Waals surface area contributed by atoms with Gasteiger partial charge in [-0.1, -0.05) is 30.3 Å². The largest absolute Gasteiger partial charge is 0.743 e. The van der Waals surface area contributed by atoms with Gasteiger partial charge in [0.15, 0.2) is 10.1 Å². The van der Waals surface area contributed by atoms with Crippen LogP contribution in [0.2, 0.25) is 0 Å². The smallest absolute Gasteiger partial charge is 0.460 e. The third-order valence-corrected chi connectivity index (χ3v) is 3.81. The van der Waals surface area contributed by atoms with Crippen molar-refractivity contribution in [2.75, 3.05) is 21.1 Å². The molecule has 0 amide bonds. The standard InChI is InChI=1S/C10H16N.C4HF9O3S/c1-11(2,3)9-10-7-5-4-6-8-10;5-1(6,3(9,10)11)2(7,8)4(12,13)17(14,15)16/h4-8H,9H2,1-3H3;(H,14,15,16)/q+1;/p-1. The van der Waals surface area contributed by atoms with Crippen molar-refractivity contribution in [2.45, 2.75) is 29.8 Å². The van der Waals surface area contributed by atoms with E-state index in [0.717, 1.165) is 11.0 Å². The van der Waals surface area contributed by atoms with E-state index < -0.39 is 33.4 Å². The summed E-state index contributed by atoms with van der Waals surface area (Å²) >= 11 is 0. The molecule has 0 aromatic heterocycles. The Morgan fingerprint density at radius 3 is 1.50 bits per heavy atom. The minimum Gasteiger partial charge on any atom is -0.743 e. The van der Waals surface area contributed by atoms with E-state index in [1.165, 1.54) is 5.56 Å². The Hall–Kier alpha value is -1.54. The van der Waals surface area contributed by atoms with Gasteiger partial charge in [0.05, 0.1) is 21.1 Å². The summed E-state index contributed by atoms with van der Waals surface area (Å²) in [6.07, 6.45) is -7.16. The van der Waals surface area contributed by atoms with Crippen LogP contribution in [0, 0.1) is 0 Å². The van der Waals surface area contributed by atoms with Gasteiger partial charge in [0, 0.05) is 5.56 Å². The maximum Gasteiger partial charge on any atom is 0.460 e. The molecule has 0 aliphatic rings. The van der Waals surface area contributed by atoms with Gasteiger partial charge < -0.3 is 9.04 Å². The second-order valence-electron chi connectivity index (χ2n) is 6.55. The second-order valence-corrected chi connectivity index (χ2v) is 7.97. The molecular formula is C14H16F9NO3S. The lowest BCUT2D eigenvalue weighted by Crippen LogP contribution is -2.63.